The molecule has 0 heterocycles. The van der Waals surface area contributed by atoms with Crippen LogP contribution in [0.25, 0.3) is 0 Å². The van der Waals surface area contributed by atoms with Gasteiger partial charge in [0.05, 0.1) is 0 Å². The van der Waals surface area contributed by atoms with Crippen molar-refractivity contribution in [2.24, 2.45) is 17.6 Å². The first-order chi connectivity index (χ1) is 6.07. The molecular weight excluding hydrogens is 164 g/mol. The molecule has 0 saturated carbocycles. The number of rotatable bonds is 6. The first-order valence-electron chi connectivity index (χ1n) is 5.05. The Morgan fingerprint density at radius 1 is 1.31 bits per heavy atom. The molecule has 0 rings (SSSR count). The summed E-state index contributed by atoms with van der Waals surface area (Å²) in [6.45, 7) is 7.58. The zero-order valence-electron chi connectivity index (χ0n) is 8.97. The van der Waals surface area contributed by atoms with Crippen LogP contribution in [-0.2, 0) is 4.79 Å². The highest BCUT2D eigenvalue weighted by Crippen LogP contribution is 2.01. The molecule has 78 valence electrons. The minimum absolute atomic E-state index is 0.0529. The molecule has 0 saturated heterocycles. The van der Waals surface area contributed by atoms with E-state index in [-0.39, 0.29) is 11.8 Å². The third-order valence-electron chi connectivity index (χ3n) is 2.07. The summed E-state index contributed by atoms with van der Waals surface area (Å²) in [6.07, 6.45) is 1.81. The van der Waals surface area contributed by atoms with Gasteiger partial charge in [-0.05, 0) is 25.3 Å². The highest BCUT2D eigenvalue weighted by Gasteiger charge is 2.10. The van der Waals surface area contributed by atoms with Gasteiger partial charge in [-0.3, -0.25) is 4.79 Å². The van der Waals surface area contributed by atoms with Crippen molar-refractivity contribution in [3.63, 3.8) is 0 Å². The van der Waals surface area contributed by atoms with Crippen LogP contribution in [0.3, 0.4) is 0 Å². The Labute approximate surface area is 81.1 Å². The smallest absolute Gasteiger partial charge is 0.222 e. The number of hydrogen-bond donors (Lipinski definition) is 2. The van der Waals surface area contributed by atoms with E-state index in [9.17, 15) is 4.79 Å². The van der Waals surface area contributed by atoms with E-state index in [0.717, 1.165) is 19.4 Å². The van der Waals surface area contributed by atoms with Crippen molar-refractivity contribution >= 4 is 5.91 Å². The Balaban J connectivity index is 3.50. The van der Waals surface area contributed by atoms with Crippen molar-refractivity contribution in [2.45, 2.75) is 33.6 Å². The van der Waals surface area contributed by atoms with Crippen molar-refractivity contribution < 1.29 is 4.79 Å². The van der Waals surface area contributed by atoms with E-state index in [0.29, 0.717) is 12.5 Å². The molecule has 3 heteroatoms. The van der Waals surface area contributed by atoms with Crippen LogP contribution in [0.5, 0.6) is 0 Å². The molecular formula is C10H22N2O. The zero-order chi connectivity index (χ0) is 10.3. The number of nitrogens with one attached hydrogen (secondary N) is 1. The molecule has 0 aliphatic heterocycles. The standard InChI is InChI=1S/C10H22N2O/c1-8(2)5-7-12-10(13)9(3)4-6-11/h8-9H,4-7,11H2,1-3H3,(H,12,13). The summed E-state index contributed by atoms with van der Waals surface area (Å²) in [5, 5.41) is 2.90. The van der Waals surface area contributed by atoms with Gasteiger partial charge in [-0.15, -0.1) is 0 Å². The maximum atomic E-state index is 11.3. The van der Waals surface area contributed by atoms with E-state index < -0.39 is 0 Å². The Morgan fingerprint density at radius 3 is 2.38 bits per heavy atom. The lowest BCUT2D eigenvalue weighted by molar-refractivity contribution is -0.124. The quantitative estimate of drug-likeness (QED) is 0.653. The summed E-state index contributed by atoms with van der Waals surface area (Å²) < 4.78 is 0. The Morgan fingerprint density at radius 2 is 1.92 bits per heavy atom. The third-order valence-corrected chi connectivity index (χ3v) is 2.07. The van der Waals surface area contributed by atoms with Gasteiger partial charge in [-0.2, -0.15) is 0 Å². The molecule has 1 amide bonds. The summed E-state index contributed by atoms with van der Waals surface area (Å²) >= 11 is 0. The Kier molecular flexibility index (Phi) is 6.59. The molecule has 3 N–H and O–H groups in total. The SMILES string of the molecule is CC(C)CCNC(=O)C(C)CCN. The van der Waals surface area contributed by atoms with Crippen LogP contribution < -0.4 is 11.1 Å². The topological polar surface area (TPSA) is 55.1 Å². The Bertz CT molecular complexity index is 146. The Hall–Kier alpha value is -0.570. The summed E-state index contributed by atoms with van der Waals surface area (Å²) in [4.78, 5) is 11.3. The van der Waals surface area contributed by atoms with Crippen molar-refractivity contribution in [1.82, 2.24) is 5.32 Å². The number of amides is 1. The molecule has 0 fully saturated rings. The molecule has 0 aromatic carbocycles. The van der Waals surface area contributed by atoms with Gasteiger partial charge in [0.1, 0.15) is 0 Å². The fourth-order valence-electron chi connectivity index (χ4n) is 1.04. The van der Waals surface area contributed by atoms with Gasteiger partial charge in [0.15, 0.2) is 0 Å². The van der Waals surface area contributed by atoms with Gasteiger partial charge in [0.25, 0.3) is 0 Å². The summed E-state index contributed by atoms with van der Waals surface area (Å²) in [7, 11) is 0. The van der Waals surface area contributed by atoms with Crippen LogP contribution in [0.1, 0.15) is 33.6 Å². The molecule has 0 aliphatic carbocycles. The van der Waals surface area contributed by atoms with Gasteiger partial charge >= 0.3 is 0 Å². The summed E-state index contributed by atoms with van der Waals surface area (Å²) in [5.74, 6) is 0.827. The lowest BCUT2D eigenvalue weighted by atomic mass is 10.1. The van der Waals surface area contributed by atoms with E-state index in [2.05, 4.69) is 19.2 Å². The van der Waals surface area contributed by atoms with E-state index >= 15 is 0 Å². The fourth-order valence-corrected chi connectivity index (χ4v) is 1.04. The van der Waals surface area contributed by atoms with E-state index in [1.165, 1.54) is 0 Å². The minimum Gasteiger partial charge on any atom is -0.356 e. The summed E-state index contributed by atoms with van der Waals surface area (Å²) in [6, 6.07) is 0. The first-order valence-corrected chi connectivity index (χ1v) is 5.05. The van der Waals surface area contributed by atoms with Crippen LogP contribution >= 0.6 is 0 Å². The predicted molar refractivity (Wildman–Crippen MR) is 55.3 cm³/mol. The molecule has 3 nitrogen and oxygen atoms in total. The molecule has 0 bridgehead atoms. The van der Waals surface area contributed by atoms with Crippen LogP contribution in [-0.4, -0.2) is 19.0 Å². The maximum Gasteiger partial charge on any atom is 0.222 e. The second-order valence-corrected chi connectivity index (χ2v) is 3.95. The molecule has 0 spiro atoms. The number of carbonyl (C=O) groups is 1. The van der Waals surface area contributed by atoms with Gasteiger partial charge < -0.3 is 11.1 Å². The van der Waals surface area contributed by atoms with Crippen LogP contribution in [0.15, 0.2) is 0 Å². The van der Waals surface area contributed by atoms with Crippen LogP contribution in [0.4, 0.5) is 0 Å². The monoisotopic (exact) mass is 186 g/mol. The van der Waals surface area contributed by atoms with Crippen LogP contribution in [0.2, 0.25) is 0 Å². The molecule has 0 aromatic heterocycles. The van der Waals surface area contributed by atoms with Crippen LogP contribution in [0, 0.1) is 11.8 Å². The largest absolute Gasteiger partial charge is 0.356 e. The second-order valence-electron chi connectivity index (χ2n) is 3.95. The zero-order valence-corrected chi connectivity index (χ0v) is 8.97. The number of carbonyl (C=O) groups excluding carboxylic acids is 1. The molecule has 1 atom stereocenters. The lowest BCUT2D eigenvalue weighted by Crippen LogP contribution is -2.31. The third kappa shape index (κ3) is 6.58. The van der Waals surface area contributed by atoms with Gasteiger partial charge in [-0.25, -0.2) is 0 Å². The fraction of sp³-hybridized carbons (Fsp3) is 0.900. The van der Waals surface area contributed by atoms with Crippen molar-refractivity contribution in [1.29, 1.82) is 0 Å². The van der Waals surface area contributed by atoms with Crippen molar-refractivity contribution in [3.8, 4) is 0 Å². The van der Waals surface area contributed by atoms with E-state index in [1.807, 2.05) is 6.92 Å². The van der Waals surface area contributed by atoms with Crippen molar-refractivity contribution in [3.05, 3.63) is 0 Å². The van der Waals surface area contributed by atoms with Gasteiger partial charge in [0, 0.05) is 12.5 Å². The second kappa shape index (κ2) is 6.89. The maximum absolute atomic E-state index is 11.3. The minimum atomic E-state index is 0.0529. The molecule has 13 heavy (non-hydrogen) atoms. The average molecular weight is 186 g/mol. The molecule has 0 aromatic rings. The van der Waals surface area contributed by atoms with Gasteiger partial charge in [0.2, 0.25) is 5.91 Å². The lowest BCUT2D eigenvalue weighted by Gasteiger charge is -2.11. The number of hydrogen-bond acceptors (Lipinski definition) is 2. The summed E-state index contributed by atoms with van der Waals surface area (Å²) in [5.41, 5.74) is 5.36. The van der Waals surface area contributed by atoms with E-state index in [4.69, 9.17) is 5.73 Å². The van der Waals surface area contributed by atoms with E-state index in [1.54, 1.807) is 0 Å². The average Bonchev–Trinajstić information content (AvgIpc) is 2.04. The molecule has 1 unspecified atom stereocenters. The molecule has 0 aliphatic rings. The first kappa shape index (κ1) is 12.4. The highest BCUT2D eigenvalue weighted by atomic mass is 16.1. The highest BCUT2D eigenvalue weighted by molar-refractivity contribution is 5.78. The predicted octanol–water partition coefficient (Wildman–Crippen LogP) is 1.13. The number of nitrogens with two attached hydrogens (primary N) is 1. The van der Waals surface area contributed by atoms with Crippen molar-refractivity contribution in [2.75, 3.05) is 13.1 Å². The normalized spacial score (nSPS) is 13.0. The molecule has 0 radical (unpaired) electrons. The van der Waals surface area contributed by atoms with Gasteiger partial charge in [-0.1, -0.05) is 20.8 Å².